The first-order valence-corrected chi connectivity index (χ1v) is 9.16. The summed E-state index contributed by atoms with van der Waals surface area (Å²) in [6.07, 6.45) is 3.60. The monoisotopic (exact) mass is 359 g/mol. The molecule has 0 bridgehead atoms. The Labute approximate surface area is 145 Å². The Balaban J connectivity index is 1.48. The molecule has 6 nitrogen and oxygen atoms in total. The molecule has 3 aromatic rings. The number of nitrogens with zero attached hydrogens (tertiary/aromatic N) is 1. The van der Waals surface area contributed by atoms with Crippen LogP contribution in [0, 0.1) is 0 Å². The van der Waals surface area contributed by atoms with E-state index in [1.54, 1.807) is 35.2 Å². The summed E-state index contributed by atoms with van der Waals surface area (Å²) in [6.45, 7) is 0. The molecule has 3 heterocycles. The lowest BCUT2D eigenvalue weighted by atomic mass is 10.3. The summed E-state index contributed by atoms with van der Waals surface area (Å²) in [6, 6.07) is 5.55. The van der Waals surface area contributed by atoms with Crippen molar-refractivity contribution >= 4 is 39.5 Å². The molecule has 0 aliphatic heterocycles. The second-order valence-corrected chi connectivity index (χ2v) is 7.15. The summed E-state index contributed by atoms with van der Waals surface area (Å²) >= 11 is 2.65. The molecule has 122 valence electrons. The Morgan fingerprint density at radius 3 is 2.83 bits per heavy atom. The van der Waals surface area contributed by atoms with Crippen LogP contribution in [0.15, 0.2) is 39.6 Å². The van der Waals surface area contributed by atoms with Crippen molar-refractivity contribution in [2.24, 2.45) is 0 Å². The van der Waals surface area contributed by atoms with Gasteiger partial charge in [-0.05, 0) is 36.4 Å². The summed E-state index contributed by atoms with van der Waals surface area (Å²) in [5, 5.41) is 10.3. The van der Waals surface area contributed by atoms with Crippen molar-refractivity contribution in [3.8, 4) is 10.8 Å². The van der Waals surface area contributed by atoms with Crippen LogP contribution in [0.25, 0.3) is 10.8 Å². The third-order valence-corrected chi connectivity index (χ3v) is 5.20. The molecule has 1 fully saturated rings. The molecule has 3 aromatic heterocycles. The van der Waals surface area contributed by atoms with E-state index in [2.05, 4.69) is 15.6 Å². The molecule has 0 unspecified atom stereocenters. The molecule has 2 amide bonds. The first kappa shape index (κ1) is 15.1. The Morgan fingerprint density at radius 2 is 2.08 bits per heavy atom. The van der Waals surface area contributed by atoms with E-state index in [0.29, 0.717) is 27.0 Å². The summed E-state index contributed by atoms with van der Waals surface area (Å²) in [5.74, 6) is 0.134. The SMILES string of the molecule is O=C(Nc1sccc1C(=O)NC1CC1)c1csc(-c2ccco2)n1. The fraction of sp³-hybridized carbons (Fsp3) is 0.188. The number of hydrogen-bond acceptors (Lipinski definition) is 6. The highest BCUT2D eigenvalue weighted by Crippen LogP contribution is 2.27. The molecule has 8 heteroatoms. The predicted molar refractivity (Wildman–Crippen MR) is 92.6 cm³/mol. The highest BCUT2D eigenvalue weighted by atomic mass is 32.1. The van der Waals surface area contributed by atoms with Crippen molar-refractivity contribution in [2.75, 3.05) is 5.32 Å². The average Bonchev–Trinajstić information content (AvgIpc) is 3.07. The van der Waals surface area contributed by atoms with Gasteiger partial charge in [-0.15, -0.1) is 22.7 Å². The summed E-state index contributed by atoms with van der Waals surface area (Å²) in [4.78, 5) is 28.8. The van der Waals surface area contributed by atoms with Gasteiger partial charge in [0.05, 0.1) is 11.8 Å². The fourth-order valence-electron chi connectivity index (χ4n) is 2.13. The average molecular weight is 359 g/mol. The minimum Gasteiger partial charge on any atom is -0.462 e. The number of furan rings is 1. The van der Waals surface area contributed by atoms with E-state index in [1.807, 2.05) is 0 Å². The third-order valence-electron chi connectivity index (χ3n) is 3.52. The van der Waals surface area contributed by atoms with Crippen molar-refractivity contribution < 1.29 is 14.0 Å². The van der Waals surface area contributed by atoms with Gasteiger partial charge in [0, 0.05) is 11.4 Å². The maximum Gasteiger partial charge on any atom is 0.275 e. The minimum atomic E-state index is -0.341. The Bertz CT molecular complexity index is 878. The van der Waals surface area contributed by atoms with E-state index >= 15 is 0 Å². The Morgan fingerprint density at radius 1 is 1.21 bits per heavy atom. The van der Waals surface area contributed by atoms with Crippen LogP contribution in [0.1, 0.15) is 33.7 Å². The molecule has 1 aliphatic rings. The summed E-state index contributed by atoms with van der Waals surface area (Å²) < 4.78 is 5.28. The molecule has 0 saturated heterocycles. The summed E-state index contributed by atoms with van der Waals surface area (Å²) in [5.41, 5.74) is 0.787. The molecule has 0 radical (unpaired) electrons. The van der Waals surface area contributed by atoms with Gasteiger partial charge in [0.15, 0.2) is 10.8 Å². The molecular formula is C16H13N3O3S2. The summed E-state index contributed by atoms with van der Waals surface area (Å²) in [7, 11) is 0. The van der Waals surface area contributed by atoms with Gasteiger partial charge >= 0.3 is 0 Å². The highest BCUT2D eigenvalue weighted by Gasteiger charge is 2.26. The Hall–Kier alpha value is -2.45. The second-order valence-electron chi connectivity index (χ2n) is 5.38. The van der Waals surface area contributed by atoms with Crippen molar-refractivity contribution in [1.29, 1.82) is 0 Å². The zero-order valence-electron chi connectivity index (χ0n) is 12.4. The van der Waals surface area contributed by atoms with Crippen LogP contribution in [0.3, 0.4) is 0 Å². The van der Waals surface area contributed by atoms with Gasteiger partial charge in [0.2, 0.25) is 0 Å². The van der Waals surface area contributed by atoms with Crippen LogP contribution in [-0.2, 0) is 0 Å². The minimum absolute atomic E-state index is 0.149. The van der Waals surface area contributed by atoms with Crippen LogP contribution in [0.5, 0.6) is 0 Å². The molecular weight excluding hydrogens is 346 g/mol. The van der Waals surface area contributed by atoms with E-state index < -0.39 is 0 Å². The van der Waals surface area contributed by atoms with E-state index in [0.717, 1.165) is 12.8 Å². The van der Waals surface area contributed by atoms with Crippen molar-refractivity contribution in [2.45, 2.75) is 18.9 Å². The lowest BCUT2D eigenvalue weighted by molar-refractivity contribution is 0.0952. The van der Waals surface area contributed by atoms with Crippen LogP contribution in [0.4, 0.5) is 5.00 Å². The van der Waals surface area contributed by atoms with E-state index in [-0.39, 0.29) is 17.9 Å². The number of carbonyl (C=O) groups is 2. The number of thiazole rings is 1. The quantitative estimate of drug-likeness (QED) is 0.729. The maximum atomic E-state index is 12.4. The molecule has 0 spiro atoms. The van der Waals surface area contributed by atoms with E-state index in [4.69, 9.17) is 4.42 Å². The molecule has 24 heavy (non-hydrogen) atoms. The van der Waals surface area contributed by atoms with Gasteiger partial charge < -0.3 is 15.1 Å². The van der Waals surface area contributed by atoms with Gasteiger partial charge in [-0.1, -0.05) is 0 Å². The van der Waals surface area contributed by atoms with Gasteiger partial charge in [0.25, 0.3) is 11.8 Å². The molecule has 1 aliphatic carbocycles. The molecule has 1 saturated carbocycles. The number of aromatic nitrogens is 1. The topological polar surface area (TPSA) is 84.2 Å². The lowest BCUT2D eigenvalue weighted by Crippen LogP contribution is -2.26. The molecule has 0 atom stereocenters. The zero-order chi connectivity index (χ0) is 16.5. The lowest BCUT2D eigenvalue weighted by Gasteiger charge is -2.05. The molecule has 2 N–H and O–H groups in total. The van der Waals surface area contributed by atoms with E-state index in [9.17, 15) is 9.59 Å². The predicted octanol–water partition coefficient (Wildman–Crippen LogP) is 3.61. The number of hydrogen-bond donors (Lipinski definition) is 2. The van der Waals surface area contributed by atoms with Crippen molar-refractivity contribution in [3.63, 3.8) is 0 Å². The maximum absolute atomic E-state index is 12.4. The first-order chi connectivity index (χ1) is 11.7. The number of rotatable bonds is 5. The second kappa shape index (κ2) is 6.21. The largest absolute Gasteiger partial charge is 0.462 e. The molecule has 0 aromatic carbocycles. The van der Waals surface area contributed by atoms with Gasteiger partial charge in [-0.2, -0.15) is 0 Å². The standard InChI is InChI=1S/C16H13N3O3S2/c20-13(17-9-3-4-9)10-5-7-23-15(10)19-14(21)11-8-24-16(18-11)12-2-1-6-22-12/h1-2,5-9H,3-4H2,(H,17,20)(H,19,21). The highest BCUT2D eigenvalue weighted by molar-refractivity contribution is 7.15. The fourth-order valence-corrected chi connectivity index (χ4v) is 3.68. The van der Waals surface area contributed by atoms with Crippen LogP contribution < -0.4 is 10.6 Å². The normalized spacial score (nSPS) is 13.7. The molecule has 4 rings (SSSR count). The number of carbonyl (C=O) groups excluding carboxylic acids is 2. The van der Waals surface area contributed by atoms with Crippen molar-refractivity contribution in [3.05, 3.63) is 46.5 Å². The van der Waals surface area contributed by atoms with Gasteiger partial charge in [-0.25, -0.2) is 4.98 Å². The first-order valence-electron chi connectivity index (χ1n) is 7.40. The number of anilines is 1. The van der Waals surface area contributed by atoms with Crippen LogP contribution >= 0.6 is 22.7 Å². The van der Waals surface area contributed by atoms with E-state index in [1.165, 1.54) is 22.7 Å². The Kier molecular flexibility index (Phi) is 3.91. The number of thiophene rings is 1. The number of amides is 2. The van der Waals surface area contributed by atoms with Gasteiger partial charge in [0.1, 0.15) is 10.7 Å². The van der Waals surface area contributed by atoms with Crippen LogP contribution in [-0.4, -0.2) is 22.8 Å². The smallest absolute Gasteiger partial charge is 0.275 e. The van der Waals surface area contributed by atoms with Crippen molar-refractivity contribution in [1.82, 2.24) is 10.3 Å². The number of nitrogens with one attached hydrogen (secondary N) is 2. The van der Waals surface area contributed by atoms with Crippen LogP contribution in [0.2, 0.25) is 0 Å². The third kappa shape index (κ3) is 3.10. The van der Waals surface area contributed by atoms with Gasteiger partial charge in [-0.3, -0.25) is 9.59 Å². The zero-order valence-corrected chi connectivity index (χ0v) is 14.1.